The molecule has 1 rings (SSSR count). The largest absolute Gasteiger partial charge is 0.500 e. The molecule has 0 atom stereocenters. The predicted octanol–water partition coefficient (Wildman–Crippen LogP) is 2.06. The monoisotopic (exact) mass is 196 g/mol. The van der Waals surface area contributed by atoms with Gasteiger partial charge in [-0.25, -0.2) is 9.18 Å². The Balaban J connectivity index is 3.05. The van der Waals surface area contributed by atoms with Crippen LogP contribution in [0, 0.1) is 0 Å². The Hall–Kier alpha value is -1.84. The van der Waals surface area contributed by atoms with Crippen molar-refractivity contribution in [3.63, 3.8) is 0 Å². The van der Waals surface area contributed by atoms with E-state index in [0.717, 1.165) is 7.11 Å². The zero-order valence-electron chi connectivity index (χ0n) is 7.53. The van der Waals surface area contributed by atoms with E-state index < -0.39 is 17.6 Å². The zero-order chi connectivity index (χ0) is 10.6. The Morgan fingerprint density at radius 1 is 1.36 bits per heavy atom. The number of aliphatic hydroxyl groups excluding tert-OH is 1. The van der Waals surface area contributed by atoms with E-state index in [1.54, 1.807) is 18.2 Å². The predicted molar refractivity (Wildman–Crippen MR) is 49.1 cm³/mol. The molecule has 0 saturated carbocycles. The minimum absolute atomic E-state index is 0.135. The van der Waals surface area contributed by atoms with Crippen molar-refractivity contribution < 1.29 is 19.0 Å². The maximum absolute atomic E-state index is 13.3. The smallest absolute Gasteiger partial charge is 0.376 e. The number of hydrogen-bond donors (Lipinski definition) is 1. The first-order valence-electron chi connectivity index (χ1n) is 3.89. The van der Waals surface area contributed by atoms with Crippen molar-refractivity contribution in [3.8, 4) is 0 Å². The molecule has 14 heavy (non-hydrogen) atoms. The molecular weight excluding hydrogens is 187 g/mol. The average molecular weight is 196 g/mol. The Bertz CT molecular complexity index is 357. The number of carbonyl (C=O) groups excluding carboxylic acids is 1. The molecule has 3 nitrogen and oxygen atoms in total. The lowest BCUT2D eigenvalue weighted by molar-refractivity contribution is -0.139. The van der Waals surface area contributed by atoms with Gasteiger partial charge >= 0.3 is 5.97 Å². The number of carbonyl (C=O) groups is 1. The lowest BCUT2D eigenvalue weighted by Gasteiger charge is -2.00. The fourth-order valence-corrected chi connectivity index (χ4v) is 0.907. The number of rotatable bonds is 2. The molecule has 0 fully saturated rings. The molecule has 0 radical (unpaired) electrons. The first-order chi connectivity index (χ1) is 6.66. The number of aliphatic hydroxyl groups is 1. The van der Waals surface area contributed by atoms with Crippen molar-refractivity contribution >= 4 is 11.8 Å². The van der Waals surface area contributed by atoms with Gasteiger partial charge in [-0.2, -0.15) is 0 Å². The molecular formula is C10H9FO3. The fraction of sp³-hybridized carbons (Fsp3) is 0.100. The maximum Gasteiger partial charge on any atom is 0.376 e. The molecule has 0 amide bonds. The quantitative estimate of drug-likeness (QED) is 0.447. The van der Waals surface area contributed by atoms with Crippen LogP contribution in [0.1, 0.15) is 5.56 Å². The van der Waals surface area contributed by atoms with Gasteiger partial charge in [-0.3, -0.25) is 0 Å². The fourth-order valence-electron chi connectivity index (χ4n) is 0.907. The van der Waals surface area contributed by atoms with Crippen molar-refractivity contribution in [2.75, 3.05) is 7.11 Å². The summed E-state index contributed by atoms with van der Waals surface area (Å²) in [5.74, 6) is -3.09. The molecule has 0 unspecified atom stereocenters. The van der Waals surface area contributed by atoms with Crippen LogP contribution in [-0.4, -0.2) is 18.2 Å². The van der Waals surface area contributed by atoms with Crippen LogP contribution in [0.2, 0.25) is 0 Å². The summed E-state index contributed by atoms with van der Waals surface area (Å²) in [6.45, 7) is 0. The minimum Gasteiger partial charge on any atom is -0.500 e. The topological polar surface area (TPSA) is 46.5 Å². The molecule has 1 aromatic rings. The first-order valence-corrected chi connectivity index (χ1v) is 3.89. The summed E-state index contributed by atoms with van der Waals surface area (Å²) >= 11 is 0. The summed E-state index contributed by atoms with van der Waals surface area (Å²) in [5.41, 5.74) is 0.135. The molecule has 4 heteroatoms. The van der Waals surface area contributed by atoms with E-state index in [-0.39, 0.29) is 5.56 Å². The van der Waals surface area contributed by atoms with Crippen LogP contribution in [0.3, 0.4) is 0 Å². The van der Waals surface area contributed by atoms with Gasteiger partial charge in [0, 0.05) is 5.56 Å². The van der Waals surface area contributed by atoms with Crippen molar-refractivity contribution in [1.29, 1.82) is 0 Å². The summed E-state index contributed by atoms with van der Waals surface area (Å²) in [6.07, 6.45) is 0. The van der Waals surface area contributed by atoms with Crippen molar-refractivity contribution in [2.24, 2.45) is 0 Å². The van der Waals surface area contributed by atoms with E-state index in [4.69, 9.17) is 5.11 Å². The van der Waals surface area contributed by atoms with E-state index >= 15 is 0 Å². The Morgan fingerprint density at radius 3 is 2.43 bits per heavy atom. The van der Waals surface area contributed by atoms with Crippen LogP contribution < -0.4 is 0 Å². The van der Waals surface area contributed by atoms with E-state index in [0.29, 0.717) is 0 Å². The van der Waals surface area contributed by atoms with Crippen LogP contribution in [0.25, 0.3) is 5.83 Å². The summed E-state index contributed by atoms with van der Waals surface area (Å²) in [7, 11) is 1.07. The second-order valence-electron chi connectivity index (χ2n) is 2.52. The van der Waals surface area contributed by atoms with Crippen LogP contribution in [0.15, 0.2) is 36.1 Å². The molecule has 0 bridgehead atoms. The van der Waals surface area contributed by atoms with Gasteiger partial charge in [-0.05, 0) is 0 Å². The third kappa shape index (κ3) is 2.10. The van der Waals surface area contributed by atoms with Gasteiger partial charge in [-0.15, -0.1) is 0 Å². The highest BCUT2D eigenvalue weighted by atomic mass is 19.1. The van der Waals surface area contributed by atoms with Gasteiger partial charge in [-0.1, -0.05) is 30.3 Å². The van der Waals surface area contributed by atoms with Crippen molar-refractivity contribution in [3.05, 3.63) is 41.7 Å². The summed E-state index contributed by atoms with van der Waals surface area (Å²) in [5, 5.41) is 9.07. The number of ether oxygens (including phenoxy) is 1. The molecule has 1 N–H and O–H groups in total. The van der Waals surface area contributed by atoms with Crippen molar-refractivity contribution in [1.82, 2.24) is 0 Å². The molecule has 0 aliphatic carbocycles. The molecule has 1 aromatic carbocycles. The molecule has 0 spiro atoms. The Morgan fingerprint density at radius 2 is 1.93 bits per heavy atom. The van der Waals surface area contributed by atoms with Crippen LogP contribution in [0.4, 0.5) is 4.39 Å². The second-order valence-corrected chi connectivity index (χ2v) is 2.52. The Kier molecular flexibility index (Phi) is 3.23. The van der Waals surface area contributed by atoms with E-state index in [1.807, 2.05) is 0 Å². The van der Waals surface area contributed by atoms with E-state index in [2.05, 4.69) is 4.74 Å². The number of benzene rings is 1. The van der Waals surface area contributed by atoms with Gasteiger partial charge in [0.1, 0.15) is 0 Å². The molecule has 0 aliphatic heterocycles. The highest BCUT2D eigenvalue weighted by molar-refractivity contribution is 5.93. The van der Waals surface area contributed by atoms with E-state index in [9.17, 15) is 9.18 Å². The Labute approximate surface area is 80.4 Å². The molecule has 0 aliphatic rings. The number of halogens is 1. The SMILES string of the molecule is COC(=O)C(O)=C(F)c1ccccc1. The normalized spacial score (nSPS) is 11.9. The van der Waals surface area contributed by atoms with Gasteiger partial charge in [0.2, 0.25) is 5.76 Å². The van der Waals surface area contributed by atoms with Gasteiger partial charge in [0.25, 0.3) is 0 Å². The second kappa shape index (κ2) is 4.41. The number of esters is 1. The molecule has 0 aromatic heterocycles. The maximum atomic E-state index is 13.3. The minimum atomic E-state index is -1.09. The third-order valence-electron chi connectivity index (χ3n) is 1.61. The lowest BCUT2D eigenvalue weighted by Crippen LogP contribution is -2.05. The van der Waals surface area contributed by atoms with Crippen LogP contribution in [0.5, 0.6) is 0 Å². The van der Waals surface area contributed by atoms with Crippen molar-refractivity contribution in [2.45, 2.75) is 0 Å². The van der Waals surface area contributed by atoms with Gasteiger partial charge in [0.15, 0.2) is 5.83 Å². The average Bonchev–Trinajstić information content (AvgIpc) is 2.27. The highest BCUT2D eigenvalue weighted by Gasteiger charge is 2.15. The summed E-state index contributed by atoms with van der Waals surface area (Å²) in [6, 6.07) is 7.77. The lowest BCUT2D eigenvalue weighted by atomic mass is 10.2. The molecule has 0 heterocycles. The number of hydrogen-bond acceptors (Lipinski definition) is 3. The van der Waals surface area contributed by atoms with Gasteiger partial charge in [0.05, 0.1) is 7.11 Å². The molecule has 0 saturated heterocycles. The number of methoxy groups -OCH3 is 1. The third-order valence-corrected chi connectivity index (χ3v) is 1.61. The first kappa shape index (κ1) is 10.2. The van der Waals surface area contributed by atoms with E-state index in [1.165, 1.54) is 12.1 Å². The highest BCUT2D eigenvalue weighted by Crippen LogP contribution is 2.18. The van der Waals surface area contributed by atoms with Crippen LogP contribution >= 0.6 is 0 Å². The molecule has 74 valence electrons. The standard InChI is InChI=1S/C10H9FO3/c1-14-10(13)9(12)8(11)7-5-3-2-4-6-7/h2-6,12H,1H3. The van der Waals surface area contributed by atoms with Crippen LogP contribution in [-0.2, 0) is 9.53 Å². The summed E-state index contributed by atoms with van der Waals surface area (Å²) in [4.78, 5) is 10.8. The summed E-state index contributed by atoms with van der Waals surface area (Å²) < 4.78 is 17.5. The van der Waals surface area contributed by atoms with Gasteiger partial charge < -0.3 is 9.84 Å². The zero-order valence-corrected chi connectivity index (χ0v) is 7.53.